The molecule has 0 N–H and O–H groups in total. The third-order valence-corrected chi connectivity index (χ3v) is 10.6. The predicted octanol–water partition coefficient (Wildman–Crippen LogP) is 5.34. The summed E-state index contributed by atoms with van der Waals surface area (Å²) in [5.74, 6) is 1.76. The minimum Gasteiger partial charge on any atom is -0.342 e. The van der Waals surface area contributed by atoms with Crippen LogP contribution in [0.2, 0.25) is 5.02 Å². The van der Waals surface area contributed by atoms with E-state index in [1.54, 1.807) is 0 Å². The van der Waals surface area contributed by atoms with Crippen molar-refractivity contribution >= 4 is 35.0 Å². The van der Waals surface area contributed by atoms with Crippen LogP contribution in [0.4, 0.5) is 5.69 Å². The van der Waals surface area contributed by atoms with Crippen LogP contribution in [0.25, 0.3) is 0 Å². The highest BCUT2D eigenvalue weighted by Gasteiger charge is 2.42. The molecule has 4 fully saturated rings. The molecule has 0 aromatic heterocycles. The lowest BCUT2D eigenvalue weighted by Gasteiger charge is -2.35. The first-order valence-corrected chi connectivity index (χ1v) is 16.5. The Labute approximate surface area is 261 Å². The van der Waals surface area contributed by atoms with Gasteiger partial charge in [0.05, 0.1) is 0 Å². The number of carbonyl (C=O) groups excluding carboxylic acids is 3. The number of anilines is 1. The Morgan fingerprint density at radius 1 is 0.814 bits per heavy atom. The van der Waals surface area contributed by atoms with Crippen LogP contribution in [0.15, 0.2) is 36.4 Å². The molecule has 8 heteroatoms. The Morgan fingerprint density at radius 3 is 2.07 bits per heavy atom. The van der Waals surface area contributed by atoms with Gasteiger partial charge in [-0.2, -0.15) is 0 Å². The molecule has 2 atom stereocenters. The summed E-state index contributed by atoms with van der Waals surface area (Å²) in [5, 5.41) is 0.674. The van der Waals surface area contributed by atoms with Crippen molar-refractivity contribution in [2.24, 2.45) is 23.7 Å². The zero-order valence-corrected chi connectivity index (χ0v) is 26.6. The summed E-state index contributed by atoms with van der Waals surface area (Å²) in [5.41, 5.74) is 4.82. The number of carbonyl (C=O) groups is 3. The van der Waals surface area contributed by atoms with Crippen LogP contribution in [-0.2, 0) is 9.59 Å². The average Bonchev–Trinajstić information content (AvgIpc) is 3.66. The van der Waals surface area contributed by atoms with Gasteiger partial charge in [-0.1, -0.05) is 35.9 Å². The van der Waals surface area contributed by atoms with Gasteiger partial charge >= 0.3 is 0 Å². The van der Waals surface area contributed by atoms with Crippen molar-refractivity contribution in [2.45, 2.75) is 52.9 Å². The van der Waals surface area contributed by atoms with Gasteiger partial charge in [-0.25, -0.2) is 0 Å². The summed E-state index contributed by atoms with van der Waals surface area (Å²) in [4.78, 5) is 48.3. The van der Waals surface area contributed by atoms with E-state index in [1.165, 1.54) is 0 Å². The van der Waals surface area contributed by atoms with Gasteiger partial charge in [0.1, 0.15) is 0 Å². The van der Waals surface area contributed by atoms with Crippen molar-refractivity contribution in [2.75, 3.05) is 57.3 Å². The number of aryl methyl sites for hydroxylation is 3. The second kappa shape index (κ2) is 12.6. The summed E-state index contributed by atoms with van der Waals surface area (Å²) < 4.78 is 0. The van der Waals surface area contributed by atoms with E-state index in [1.807, 2.05) is 67.0 Å². The Balaban J connectivity index is 1.04. The maximum Gasteiger partial charge on any atom is 0.254 e. The number of hydrogen-bond donors (Lipinski definition) is 0. The Bertz CT molecular complexity index is 1350. The lowest BCUT2D eigenvalue weighted by molar-refractivity contribution is -0.136. The van der Waals surface area contributed by atoms with Crippen LogP contribution in [0, 0.1) is 44.4 Å². The average molecular weight is 605 g/mol. The van der Waals surface area contributed by atoms with Crippen LogP contribution in [0.1, 0.15) is 59.2 Å². The highest BCUT2D eigenvalue weighted by molar-refractivity contribution is 6.31. The lowest BCUT2D eigenvalue weighted by atomic mass is 9.94. The molecule has 2 aromatic rings. The van der Waals surface area contributed by atoms with Gasteiger partial charge in [0.15, 0.2) is 0 Å². The van der Waals surface area contributed by atoms with E-state index < -0.39 is 0 Å². The fraction of sp³-hybridized carbons (Fsp3) is 0.571. The van der Waals surface area contributed by atoms with Gasteiger partial charge in [0, 0.05) is 73.9 Å². The van der Waals surface area contributed by atoms with Crippen molar-refractivity contribution < 1.29 is 14.4 Å². The predicted molar refractivity (Wildman–Crippen MR) is 170 cm³/mol. The molecule has 6 rings (SSSR count). The molecular formula is C35H45ClN4O3. The minimum absolute atomic E-state index is 0.0742. The fourth-order valence-corrected chi connectivity index (χ4v) is 7.65. The Morgan fingerprint density at radius 2 is 1.47 bits per heavy atom. The second-order valence-electron chi connectivity index (χ2n) is 13.4. The molecule has 0 spiro atoms. The number of likely N-dealkylation sites (tertiary alicyclic amines) is 3. The molecule has 1 aliphatic carbocycles. The molecule has 43 heavy (non-hydrogen) atoms. The molecule has 0 bridgehead atoms. The molecule has 3 saturated heterocycles. The largest absolute Gasteiger partial charge is 0.342 e. The van der Waals surface area contributed by atoms with E-state index in [0.29, 0.717) is 36.5 Å². The third kappa shape index (κ3) is 6.48. The second-order valence-corrected chi connectivity index (χ2v) is 13.8. The summed E-state index contributed by atoms with van der Waals surface area (Å²) in [6.07, 6.45) is 4.35. The SMILES string of the molecule is Cc1ccc(N(CCCN2CC3CN(C(=O)c4c(C)cccc4C)CC3C2)C(=O)C2CCN(C(=O)C3CC3)CC2)cc1Cl. The van der Waals surface area contributed by atoms with Crippen molar-refractivity contribution in [1.82, 2.24) is 14.7 Å². The van der Waals surface area contributed by atoms with E-state index in [0.717, 1.165) is 92.8 Å². The van der Waals surface area contributed by atoms with Crippen LogP contribution < -0.4 is 4.90 Å². The molecule has 2 unspecified atom stereocenters. The molecule has 3 aliphatic heterocycles. The van der Waals surface area contributed by atoms with Crippen molar-refractivity contribution in [3.05, 3.63) is 63.7 Å². The van der Waals surface area contributed by atoms with Gasteiger partial charge in [-0.3, -0.25) is 14.4 Å². The minimum atomic E-state index is -0.0742. The van der Waals surface area contributed by atoms with Crippen molar-refractivity contribution in [1.29, 1.82) is 0 Å². The summed E-state index contributed by atoms with van der Waals surface area (Å²) in [6, 6.07) is 12.0. The first kappa shape index (κ1) is 30.1. The Kier molecular flexibility index (Phi) is 8.84. The number of nitrogens with zero attached hydrogens (tertiary/aromatic N) is 4. The Hall–Kier alpha value is -2.90. The smallest absolute Gasteiger partial charge is 0.254 e. The van der Waals surface area contributed by atoms with Crippen LogP contribution in [0.3, 0.4) is 0 Å². The molecule has 0 radical (unpaired) electrons. The number of fused-ring (bicyclic) bond motifs is 1. The third-order valence-electron chi connectivity index (χ3n) is 10.2. The van der Waals surface area contributed by atoms with E-state index in [9.17, 15) is 14.4 Å². The number of benzene rings is 2. The fourth-order valence-electron chi connectivity index (χ4n) is 7.47. The number of piperidine rings is 1. The van der Waals surface area contributed by atoms with E-state index >= 15 is 0 Å². The number of amides is 3. The first-order chi connectivity index (χ1) is 20.7. The van der Waals surface area contributed by atoms with E-state index in [2.05, 4.69) is 9.80 Å². The normalized spacial score (nSPS) is 22.6. The molecule has 230 valence electrons. The van der Waals surface area contributed by atoms with E-state index in [4.69, 9.17) is 11.6 Å². The first-order valence-electron chi connectivity index (χ1n) is 16.1. The highest BCUT2D eigenvalue weighted by Crippen LogP contribution is 2.35. The van der Waals surface area contributed by atoms with Crippen molar-refractivity contribution in [3.63, 3.8) is 0 Å². The van der Waals surface area contributed by atoms with Crippen molar-refractivity contribution in [3.8, 4) is 0 Å². The zero-order valence-electron chi connectivity index (χ0n) is 25.9. The van der Waals surface area contributed by atoms with Gasteiger partial charge < -0.3 is 19.6 Å². The standard InChI is InChI=1S/C35H45ClN4O3/c1-23-8-11-30(18-31(23)36)40(34(42)27-12-16-38(17-13-27)33(41)26-9-10-26)15-5-14-37-19-28-21-39(22-29(28)20-37)35(43)32-24(2)6-4-7-25(32)3/h4,6-8,11,18,26-29H,5,9-10,12-17,19-22H2,1-3H3. The summed E-state index contributed by atoms with van der Waals surface area (Å²) in [7, 11) is 0. The molecule has 1 saturated carbocycles. The topological polar surface area (TPSA) is 64.2 Å². The molecule has 2 aromatic carbocycles. The molecule has 7 nitrogen and oxygen atoms in total. The monoisotopic (exact) mass is 604 g/mol. The van der Waals surface area contributed by atoms with Crippen LogP contribution in [0.5, 0.6) is 0 Å². The highest BCUT2D eigenvalue weighted by atomic mass is 35.5. The number of halogens is 1. The molecule has 4 aliphatic rings. The van der Waals surface area contributed by atoms with Gasteiger partial charge in [0.2, 0.25) is 11.8 Å². The van der Waals surface area contributed by atoms with Gasteiger partial charge in [-0.15, -0.1) is 0 Å². The van der Waals surface area contributed by atoms with E-state index in [-0.39, 0.29) is 29.6 Å². The summed E-state index contributed by atoms with van der Waals surface area (Å²) >= 11 is 6.50. The quantitative estimate of drug-likeness (QED) is 0.408. The van der Waals surface area contributed by atoms with Crippen LogP contribution in [-0.4, -0.2) is 84.8 Å². The van der Waals surface area contributed by atoms with Gasteiger partial charge in [-0.05, 0) is 100 Å². The number of hydrogen-bond acceptors (Lipinski definition) is 4. The maximum atomic E-state index is 13.9. The lowest BCUT2D eigenvalue weighted by Crippen LogP contribution is -2.45. The van der Waals surface area contributed by atoms with Gasteiger partial charge in [0.25, 0.3) is 5.91 Å². The zero-order chi connectivity index (χ0) is 30.2. The van der Waals surface area contributed by atoms with Crippen LogP contribution >= 0.6 is 11.6 Å². The molecule has 3 amide bonds. The number of rotatable bonds is 8. The molecule has 3 heterocycles. The maximum absolute atomic E-state index is 13.9. The molecular weight excluding hydrogens is 560 g/mol. The summed E-state index contributed by atoms with van der Waals surface area (Å²) in [6.45, 7) is 12.6.